The molecule has 0 aliphatic heterocycles. The summed E-state index contributed by atoms with van der Waals surface area (Å²) in [6, 6.07) is 17.8. The third kappa shape index (κ3) is 2.58. The van der Waals surface area contributed by atoms with Crippen LogP contribution >= 0.6 is 0 Å². The van der Waals surface area contributed by atoms with Crippen molar-refractivity contribution in [2.45, 2.75) is 25.0 Å². The molecule has 0 spiro atoms. The highest BCUT2D eigenvalue weighted by Gasteiger charge is 2.28. The number of aliphatic hydroxyl groups is 2. The molecule has 1 aromatic heterocycles. The van der Waals surface area contributed by atoms with Gasteiger partial charge < -0.3 is 15.2 Å². The van der Waals surface area contributed by atoms with E-state index in [1.54, 1.807) is 6.92 Å². The molecule has 0 aliphatic carbocycles. The first-order chi connectivity index (χ1) is 10.2. The number of hydrogen-bond acceptors (Lipinski definition) is 2. The highest BCUT2D eigenvalue weighted by Crippen LogP contribution is 2.34. The minimum absolute atomic E-state index is 0.262. The Morgan fingerprint density at radius 2 is 1.57 bits per heavy atom. The van der Waals surface area contributed by atoms with E-state index >= 15 is 0 Å². The van der Waals surface area contributed by atoms with Crippen molar-refractivity contribution in [1.82, 2.24) is 4.98 Å². The van der Waals surface area contributed by atoms with E-state index in [1.165, 1.54) is 0 Å². The van der Waals surface area contributed by atoms with Gasteiger partial charge in [-0.15, -0.1) is 0 Å². The van der Waals surface area contributed by atoms with Crippen LogP contribution in [-0.4, -0.2) is 27.4 Å². The van der Waals surface area contributed by atoms with Crippen LogP contribution < -0.4 is 0 Å². The Morgan fingerprint density at radius 3 is 2.29 bits per heavy atom. The number of nitrogens with one attached hydrogen (secondary N) is 1. The molecule has 0 saturated heterocycles. The van der Waals surface area contributed by atoms with Crippen molar-refractivity contribution in [3.05, 3.63) is 71.9 Å². The second kappa shape index (κ2) is 5.72. The first kappa shape index (κ1) is 13.9. The van der Waals surface area contributed by atoms with Crippen LogP contribution in [0.2, 0.25) is 0 Å². The van der Waals surface area contributed by atoms with E-state index in [0.717, 1.165) is 22.0 Å². The number of aliphatic hydroxyl groups excluding tert-OH is 2. The van der Waals surface area contributed by atoms with E-state index in [1.807, 2.05) is 60.8 Å². The van der Waals surface area contributed by atoms with Crippen LogP contribution in [0.1, 0.15) is 24.0 Å². The van der Waals surface area contributed by atoms with Gasteiger partial charge in [-0.05, 0) is 24.1 Å². The molecule has 2 aromatic carbocycles. The van der Waals surface area contributed by atoms with Crippen molar-refractivity contribution in [3.63, 3.8) is 0 Å². The minimum atomic E-state index is -0.855. The second-order valence-electron chi connectivity index (χ2n) is 5.41. The van der Waals surface area contributed by atoms with E-state index in [2.05, 4.69) is 4.98 Å². The summed E-state index contributed by atoms with van der Waals surface area (Å²) in [5, 5.41) is 21.4. The zero-order valence-corrected chi connectivity index (χ0v) is 11.9. The van der Waals surface area contributed by atoms with Crippen LogP contribution in [0.3, 0.4) is 0 Å². The molecule has 21 heavy (non-hydrogen) atoms. The molecular formula is C18H19NO2. The second-order valence-corrected chi connectivity index (χ2v) is 5.41. The third-order valence-corrected chi connectivity index (χ3v) is 3.95. The summed E-state index contributed by atoms with van der Waals surface area (Å²) in [4.78, 5) is 3.24. The zero-order chi connectivity index (χ0) is 14.8. The highest BCUT2D eigenvalue weighted by atomic mass is 16.3. The van der Waals surface area contributed by atoms with Gasteiger partial charge in [0, 0.05) is 23.0 Å². The molecule has 3 aromatic rings. The lowest BCUT2D eigenvalue weighted by Crippen LogP contribution is -2.30. The number of fused-ring (bicyclic) bond motifs is 1. The maximum absolute atomic E-state index is 10.5. The minimum Gasteiger partial charge on any atom is -0.391 e. The Balaban J connectivity index is 2.15. The number of aromatic amines is 1. The van der Waals surface area contributed by atoms with E-state index in [4.69, 9.17) is 0 Å². The Bertz CT molecular complexity index is 718. The fourth-order valence-corrected chi connectivity index (χ4v) is 2.85. The summed E-state index contributed by atoms with van der Waals surface area (Å²) in [6.07, 6.45) is 0.268. The van der Waals surface area contributed by atoms with Crippen molar-refractivity contribution in [2.75, 3.05) is 0 Å². The van der Waals surface area contributed by atoms with Gasteiger partial charge in [-0.3, -0.25) is 0 Å². The molecule has 3 atom stereocenters. The fourth-order valence-electron chi connectivity index (χ4n) is 2.85. The predicted octanol–water partition coefficient (Wildman–Crippen LogP) is 3.04. The van der Waals surface area contributed by atoms with Gasteiger partial charge in [0.05, 0.1) is 12.2 Å². The van der Waals surface area contributed by atoms with Crippen LogP contribution in [0, 0.1) is 0 Å². The standard InChI is InChI=1S/C18H19NO2/c1-12(20)18(21)17(13-7-3-2-4-8-13)15-11-19-16-10-6-5-9-14(15)16/h2-12,17-21H,1H3. The molecule has 0 fully saturated rings. The average molecular weight is 281 g/mol. The smallest absolute Gasteiger partial charge is 0.0905 e. The first-order valence-electron chi connectivity index (χ1n) is 7.15. The number of rotatable bonds is 4. The zero-order valence-electron chi connectivity index (χ0n) is 11.9. The maximum atomic E-state index is 10.5. The van der Waals surface area contributed by atoms with Crippen LogP contribution in [0.25, 0.3) is 10.9 Å². The van der Waals surface area contributed by atoms with Crippen molar-refractivity contribution in [2.24, 2.45) is 0 Å². The number of benzene rings is 2. The summed E-state index contributed by atoms with van der Waals surface area (Å²) in [7, 11) is 0. The topological polar surface area (TPSA) is 56.2 Å². The maximum Gasteiger partial charge on any atom is 0.0905 e. The van der Waals surface area contributed by atoms with Crippen LogP contribution in [-0.2, 0) is 0 Å². The van der Waals surface area contributed by atoms with Gasteiger partial charge in [-0.1, -0.05) is 48.5 Å². The van der Waals surface area contributed by atoms with Gasteiger partial charge in [-0.2, -0.15) is 0 Å². The Kier molecular flexibility index (Phi) is 3.78. The molecule has 3 nitrogen and oxygen atoms in total. The lowest BCUT2D eigenvalue weighted by atomic mass is 9.84. The van der Waals surface area contributed by atoms with E-state index in [9.17, 15) is 10.2 Å². The lowest BCUT2D eigenvalue weighted by Gasteiger charge is -2.25. The van der Waals surface area contributed by atoms with E-state index < -0.39 is 12.2 Å². The van der Waals surface area contributed by atoms with Crippen molar-refractivity contribution < 1.29 is 10.2 Å². The molecule has 0 amide bonds. The van der Waals surface area contributed by atoms with Gasteiger partial charge in [0.15, 0.2) is 0 Å². The Morgan fingerprint density at radius 1 is 0.905 bits per heavy atom. The molecule has 0 radical (unpaired) electrons. The van der Waals surface area contributed by atoms with Gasteiger partial charge in [0.25, 0.3) is 0 Å². The molecule has 0 saturated carbocycles. The molecule has 0 aliphatic rings. The number of para-hydroxylation sites is 1. The van der Waals surface area contributed by atoms with Crippen molar-refractivity contribution in [3.8, 4) is 0 Å². The van der Waals surface area contributed by atoms with Crippen LogP contribution in [0.15, 0.2) is 60.8 Å². The molecular weight excluding hydrogens is 262 g/mol. The molecule has 108 valence electrons. The van der Waals surface area contributed by atoms with E-state index in [-0.39, 0.29) is 5.92 Å². The van der Waals surface area contributed by atoms with Gasteiger partial charge in [-0.25, -0.2) is 0 Å². The Hall–Kier alpha value is -2.10. The summed E-state index contributed by atoms with van der Waals surface area (Å²) < 4.78 is 0. The number of hydrogen-bond donors (Lipinski definition) is 3. The molecule has 1 heterocycles. The summed E-state index contributed by atoms with van der Waals surface area (Å²) in [6.45, 7) is 1.62. The molecule has 3 rings (SSSR count). The largest absolute Gasteiger partial charge is 0.391 e. The third-order valence-electron chi connectivity index (χ3n) is 3.95. The first-order valence-corrected chi connectivity index (χ1v) is 7.15. The van der Waals surface area contributed by atoms with Crippen LogP contribution in [0.4, 0.5) is 0 Å². The normalized spacial score (nSPS) is 15.8. The van der Waals surface area contributed by atoms with Gasteiger partial charge >= 0.3 is 0 Å². The van der Waals surface area contributed by atoms with Gasteiger partial charge in [0.2, 0.25) is 0 Å². The lowest BCUT2D eigenvalue weighted by molar-refractivity contribution is 0.0215. The summed E-state index contributed by atoms with van der Waals surface area (Å²) >= 11 is 0. The van der Waals surface area contributed by atoms with Crippen molar-refractivity contribution in [1.29, 1.82) is 0 Å². The van der Waals surface area contributed by atoms with Crippen LogP contribution in [0.5, 0.6) is 0 Å². The monoisotopic (exact) mass is 281 g/mol. The number of H-pyrrole nitrogens is 1. The summed E-state index contributed by atoms with van der Waals surface area (Å²) in [5.41, 5.74) is 3.03. The van der Waals surface area contributed by atoms with E-state index in [0.29, 0.717) is 0 Å². The quantitative estimate of drug-likeness (QED) is 0.688. The molecule has 3 heteroatoms. The molecule has 3 unspecified atom stereocenters. The van der Waals surface area contributed by atoms with Gasteiger partial charge in [0.1, 0.15) is 0 Å². The predicted molar refractivity (Wildman–Crippen MR) is 84.3 cm³/mol. The van der Waals surface area contributed by atoms with Crippen molar-refractivity contribution >= 4 is 10.9 Å². The average Bonchev–Trinajstić information content (AvgIpc) is 2.93. The fraction of sp³-hybridized carbons (Fsp3) is 0.222. The molecule has 3 N–H and O–H groups in total. The molecule has 0 bridgehead atoms. The number of aromatic nitrogens is 1. The highest BCUT2D eigenvalue weighted by molar-refractivity contribution is 5.84. The SMILES string of the molecule is CC(O)C(O)C(c1ccccc1)c1c[nH]c2ccccc12. The summed E-state index contributed by atoms with van der Waals surface area (Å²) in [5.74, 6) is -0.262. The Labute approximate surface area is 123 Å².